The van der Waals surface area contributed by atoms with Crippen molar-refractivity contribution in [3.63, 3.8) is 0 Å². The van der Waals surface area contributed by atoms with Gasteiger partial charge < -0.3 is 14.6 Å². The molecule has 2 aliphatic rings. The van der Waals surface area contributed by atoms with Crippen LogP contribution >= 0.6 is 0 Å². The third-order valence-corrected chi connectivity index (χ3v) is 4.57. The SMILES string of the molecule is Cc1nnc(CNC2CCc3ccccc3OC2)n1C1CC1. The fourth-order valence-corrected chi connectivity index (χ4v) is 3.19. The van der Waals surface area contributed by atoms with Gasteiger partial charge in [0.1, 0.15) is 24.0 Å². The van der Waals surface area contributed by atoms with E-state index in [-0.39, 0.29) is 0 Å². The molecule has 4 rings (SSSR count). The number of hydrogen-bond acceptors (Lipinski definition) is 4. The number of nitrogens with one attached hydrogen (secondary N) is 1. The summed E-state index contributed by atoms with van der Waals surface area (Å²) in [6.45, 7) is 3.52. The Kier molecular flexibility index (Phi) is 3.58. The molecule has 5 nitrogen and oxygen atoms in total. The molecule has 0 bridgehead atoms. The standard InChI is InChI=1S/C17H22N4O/c1-12-19-20-17(21(12)15-8-9-15)10-18-14-7-6-13-4-2-3-5-16(13)22-11-14/h2-5,14-15,18H,6-11H2,1H3. The van der Waals surface area contributed by atoms with Crippen molar-refractivity contribution in [3.8, 4) is 5.75 Å². The number of nitrogens with zero attached hydrogens (tertiary/aromatic N) is 3. The lowest BCUT2D eigenvalue weighted by Crippen LogP contribution is -2.34. The third-order valence-electron chi connectivity index (χ3n) is 4.57. The topological polar surface area (TPSA) is 52.0 Å². The molecular formula is C17H22N4O. The number of para-hydroxylation sites is 1. The van der Waals surface area contributed by atoms with Gasteiger partial charge in [0.15, 0.2) is 0 Å². The Hall–Kier alpha value is -1.88. The Bertz CT molecular complexity index is 635. The molecule has 1 aromatic heterocycles. The van der Waals surface area contributed by atoms with Gasteiger partial charge in [0.25, 0.3) is 0 Å². The van der Waals surface area contributed by atoms with E-state index in [1.807, 2.05) is 13.0 Å². The van der Waals surface area contributed by atoms with Gasteiger partial charge in [-0.3, -0.25) is 0 Å². The summed E-state index contributed by atoms with van der Waals surface area (Å²) >= 11 is 0. The van der Waals surface area contributed by atoms with Crippen LogP contribution in [0.25, 0.3) is 0 Å². The lowest BCUT2D eigenvalue weighted by Gasteiger charge is -2.16. The molecular weight excluding hydrogens is 276 g/mol. The van der Waals surface area contributed by atoms with Gasteiger partial charge >= 0.3 is 0 Å². The Balaban J connectivity index is 1.39. The minimum absolute atomic E-state index is 0.358. The number of rotatable bonds is 4. The Labute approximate surface area is 130 Å². The van der Waals surface area contributed by atoms with Gasteiger partial charge in [0.05, 0.1) is 6.54 Å². The van der Waals surface area contributed by atoms with E-state index >= 15 is 0 Å². The molecule has 0 spiro atoms. The summed E-state index contributed by atoms with van der Waals surface area (Å²) < 4.78 is 8.23. The van der Waals surface area contributed by atoms with Crippen LogP contribution in [0.1, 0.15) is 42.5 Å². The molecule has 1 atom stereocenters. The number of hydrogen-bond donors (Lipinski definition) is 1. The van der Waals surface area contributed by atoms with E-state index in [1.54, 1.807) is 0 Å². The maximum atomic E-state index is 5.94. The van der Waals surface area contributed by atoms with Crippen molar-refractivity contribution in [1.82, 2.24) is 20.1 Å². The molecule has 1 aromatic carbocycles. The van der Waals surface area contributed by atoms with Crippen LogP contribution in [0, 0.1) is 6.92 Å². The molecule has 0 radical (unpaired) electrons. The molecule has 0 amide bonds. The highest BCUT2D eigenvalue weighted by molar-refractivity contribution is 5.34. The molecule has 2 aromatic rings. The monoisotopic (exact) mass is 298 g/mol. The molecule has 1 unspecified atom stereocenters. The molecule has 0 saturated heterocycles. The second kappa shape index (κ2) is 5.72. The highest BCUT2D eigenvalue weighted by Gasteiger charge is 2.28. The van der Waals surface area contributed by atoms with Crippen LogP contribution < -0.4 is 10.1 Å². The van der Waals surface area contributed by atoms with Gasteiger partial charge in [0, 0.05) is 12.1 Å². The zero-order chi connectivity index (χ0) is 14.9. The fourth-order valence-electron chi connectivity index (χ4n) is 3.19. The normalized spacial score (nSPS) is 21.0. The predicted octanol–water partition coefficient (Wildman–Crippen LogP) is 2.40. The van der Waals surface area contributed by atoms with E-state index in [0.717, 1.165) is 36.8 Å². The zero-order valence-electron chi connectivity index (χ0n) is 13.0. The first-order valence-corrected chi connectivity index (χ1v) is 8.16. The minimum Gasteiger partial charge on any atom is -0.492 e. The van der Waals surface area contributed by atoms with Gasteiger partial charge in [-0.1, -0.05) is 18.2 Å². The lowest BCUT2D eigenvalue weighted by molar-refractivity contribution is 0.265. The molecule has 1 aliphatic heterocycles. The molecule has 1 saturated carbocycles. The van der Waals surface area contributed by atoms with Crippen LogP contribution in [0.3, 0.4) is 0 Å². The van der Waals surface area contributed by atoms with E-state index in [1.165, 1.54) is 18.4 Å². The second-order valence-corrected chi connectivity index (χ2v) is 6.30. The average Bonchev–Trinajstić information content (AvgIpc) is 3.33. The summed E-state index contributed by atoms with van der Waals surface area (Å²) in [6, 6.07) is 9.32. The summed E-state index contributed by atoms with van der Waals surface area (Å²) in [7, 11) is 0. The van der Waals surface area contributed by atoms with Gasteiger partial charge in [-0.2, -0.15) is 0 Å². The second-order valence-electron chi connectivity index (χ2n) is 6.30. The molecule has 22 heavy (non-hydrogen) atoms. The van der Waals surface area contributed by atoms with Gasteiger partial charge in [-0.15, -0.1) is 10.2 Å². The highest BCUT2D eigenvalue weighted by atomic mass is 16.5. The molecule has 2 heterocycles. The summed E-state index contributed by atoms with van der Waals surface area (Å²) in [5, 5.41) is 12.2. The number of fused-ring (bicyclic) bond motifs is 1. The van der Waals surface area contributed by atoms with E-state index in [2.05, 4.69) is 38.3 Å². The van der Waals surface area contributed by atoms with Crippen molar-refractivity contribution in [2.75, 3.05) is 6.61 Å². The maximum Gasteiger partial charge on any atom is 0.147 e. The summed E-state index contributed by atoms with van der Waals surface area (Å²) in [5.74, 6) is 3.12. The molecule has 5 heteroatoms. The van der Waals surface area contributed by atoms with Crippen molar-refractivity contribution in [3.05, 3.63) is 41.5 Å². The molecule has 1 fully saturated rings. The van der Waals surface area contributed by atoms with Crippen LogP contribution in [0.4, 0.5) is 0 Å². The van der Waals surface area contributed by atoms with Crippen LogP contribution in [0.5, 0.6) is 5.75 Å². The van der Waals surface area contributed by atoms with Crippen LogP contribution in [-0.2, 0) is 13.0 Å². The van der Waals surface area contributed by atoms with Crippen molar-refractivity contribution in [2.24, 2.45) is 0 Å². The molecule has 1 N–H and O–H groups in total. The van der Waals surface area contributed by atoms with Crippen molar-refractivity contribution < 1.29 is 4.74 Å². The van der Waals surface area contributed by atoms with E-state index < -0.39 is 0 Å². The van der Waals surface area contributed by atoms with Crippen LogP contribution in [0.15, 0.2) is 24.3 Å². The van der Waals surface area contributed by atoms with Crippen LogP contribution in [0.2, 0.25) is 0 Å². The minimum atomic E-state index is 0.358. The van der Waals surface area contributed by atoms with Crippen molar-refractivity contribution in [1.29, 1.82) is 0 Å². The summed E-state index contributed by atoms with van der Waals surface area (Å²) in [6.07, 6.45) is 4.66. The van der Waals surface area contributed by atoms with Crippen LogP contribution in [-0.4, -0.2) is 27.4 Å². The lowest BCUT2D eigenvalue weighted by atomic mass is 10.1. The van der Waals surface area contributed by atoms with Gasteiger partial charge in [0.2, 0.25) is 0 Å². The fraction of sp³-hybridized carbons (Fsp3) is 0.529. The highest BCUT2D eigenvalue weighted by Crippen LogP contribution is 2.36. The third kappa shape index (κ3) is 2.73. The first-order valence-electron chi connectivity index (χ1n) is 8.16. The summed E-state index contributed by atoms with van der Waals surface area (Å²) in [4.78, 5) is 0. The zero-order valence-corrected chi connectivity index (χ0v) is 13.0. The number of aryl methyl sites for hydroxylation is 2. The Morgan fingerprint density at radius 3 is 2.95 bits per heavy atom. The van der Waals surface area contributed by atoms with Crippen molar-refractivity contribution >= 4 is 0 Å². The predicted molar refractivity (Wildman–Crippen MR) is 83.9 cm³/mol. The smallest absolute Gasteiger partial charge is 0.147 e. The van der Waals surface area contributed by atoms with E-state index in [9.17, 15) is 0 Å². The van der Waals surface area contributed by atoms with Gasteiger partial charge in [-0.25, -0.2) is 0 Å². The Morgan fingerprint density at radius 2 is 2.09 bits per heavy atom. The summed E-state index contributed by atoms with van der Waals surface area (Å²) in [5.41, 5.74) is 1.31. The maximum absolute atomic E-state index is 5.94. The molecule has 1 aliphatic carbocycles. The first-order chi connectivity index (χ1) is 10.8. The van der Waals surface area contributed by atoms with E-state index in [0.29, 0.717) is 18.7 Å². The quantitative estimate of drug-likeness (QED) is 0.942. The number of benzene rings is 1. The largest absolute Gasteiger partial charge is 0.492 e. The average molecular weight is 298 g/mol. The first kappa shape index (κ1) is 13.8. The van der Waals surface area contributed by atoms with Gasteiger partial charge in [-0.05, 0) is 44.2 Å². The Morgan fingerprint density at radius 1 is 1.23 bits per heavy atom. The number of ether oxygens (including phenoxy) is 1. The number of aromatic nitrogens is 3. The molecule has 116 valence electrons. The van der Waals surface area contributed by atoms with E-state index in [4.69, 9.17) is 4.74 Å². The van der Waals surface area contributed by atoms with Crippen molar-refractivity contribution in [2.45, 2.75) is 51.2 Å².